The van der Waals surface area contributed by atoms with Crippen molar-refractivity contribution < 1.29 is 14.6 Å². The van der Waals surface area contributed by atoms with Crippen LogP contribution in [-0.4, -0.2) is 24.0 Å². The summed E-state index contributed by atoms with van der Waals surface area (Å²) < 4.78 is 5.14. The smallest absolute Gasteiger partial charge is 0.244 e. The Kier molecular flexibility index (Phi) is 6.22. The average molecular weight is 404 g/mol. The molecular weight excluding hydrogens is 380 g/mol. The molecule has 0 saturated carbocycles. The van der Waals surface area contributed by atoms with E-state index in [1.807, 2.05) is 35.2 Å². The maximum absolute atomic E-state index is 12.6. The highest BCUT2D eigenvalue weighted by Crippen LogP contribution is 2.35. The van der Waals surface area contributed by atoms with Gasteiger partial charge in [0.05, 0.1) is 7.11 Å². The summed E-state index contributed by atoms with van der Waals surface area (Å²) in [5.41, 5.74) is 14.0. The van der Waals surface area contributed by atoms with Gasteiger partial charge in [0.15, 0.2) is 0 Å². The monoisotopic (exact) mass is 404 g/mol. The molecule has 0 aliphatic rings. The minimum absolute atomic E-state index is 0.0459. The molecule has 0 heterocycles. The van der Waals surface area contributed by atoms with E-state index in [0.717, 1.165) is 5.56 Å². The second kappa shape index (κ2) is 9.00. The van der Waals surface area contributed by atoms with Gasteiger partial charge in [-0.2, -0.15) is 0 Å². The number of nitrogens with two attached hydrogens (primary N) is 2. The summed E-state index contributed by atoms with van der Waals surface area (Å²) in [7, 11) is 1.50. The highest BCUT2D eigenvalue weighted by molar-refractivity contribution is 5.95. The number of hydrogen-bond acceptors (Lipinski definition) is 5. The van der Waals surface area contributed by atoms with Crippen LogP contribution in [0.5, 0.6) is 11.5 Å². The fourth-order valence-corrected chi connectivity index (χ4v) is 3.30. The zero-order valence-corrected chi connectivity index (χ0v) is 16.6. The van der Waals surface area contributed by atoms with Gasteiger partial charge in [0.25, 0.3) is 0 Å². The Labute approximate surface area is 175 Å². The van der Waals surface area contributed by atoms with E-state index in [1.54, 1.807) is 36.4 Å². The Morgan fingerprint density at radius 2 is 1.73 bits per heavy atom. The second-order valence-corrected chi connectivity index (χ2v) is 6.80. The number of benzene rings is 3. The number of carbonyl (C=O) groups is 1. The lowest BCUT2D eigenvalue weighted by Gasteiger charge is -2.32. The van der Waals surface area contributed by atoms with Crippen LogP contribution in [0.1, 0.15) is 22.7 Å². The maximum Gasteiger partial charge on any atom is 0.244 e. The number of phenols is 1. The molecular formula is C23H24N4O3. The predicted octanol–water partition coefficient (Wildman–Crippen LogP) is 2.92. The lowest BCUT2D eigenvalue weighted by atomic mass is 10.0. The van der Waals surface area contributed by atoms with Crippen LogP contribution in [0.15, 0.2) is 72.8 Å². The van der Waals surface area contributed by atoms with Gasteiger partial charge in [0, 0.05) is 29.4 Å². The first-order valence-corrected chi connectivity index (χ1v) is 9.32. The number of anilines is 1. The Morgan fingerprint density at radius 1 is 1.07 bits per heavy atom. The van der Waals surface area contributed by atoms with E-state index in [4.69, 9.17) is 21.6 Å². The molecule has 0 radical (unpaired) electrons. The number of rotatable bonds is 8. The van der Waals surface area contributed by atoms with Gasteiger partial charge in [-0.25, -0.2) is 0 Å². The second-order valence-electron chi connectivity index (χ2n) is 6.80. The minimum atomic E-state index is -0.931. The van der Waals surface area contributed by atoms with Gasteiger partial charge in [0.1, 0.15) is 23.4 Å². The van der Waals surface area contributed by atoms with Crippen molar-refractivity contribution >= 4 is 17.4 Å². The van der Waals surface area contributed by atoms with Crippen molar-refractivity contribution in [1.82, 2.24) is 0 Å². The molecule has 0 saturated heterocycles. The van der Waals surface area contributed by atoms with Crippen LogP contribution in [0.2, 0.25) is 0 Å². The van der Waals surface area contributed by atoms with Gasteiger partial charge in [-0.15, -0.1) is 0 Å². The van der Waals surface area contributed by atoms with Gasteiger partial charge < -0.3 is 26.2 Å². The third-order valence-corrected chi connectivity index (χ3v) is 4.82. The molecule has 1 unspecified atom stereocenters. The van der Waals surface area contributed by atoms with Gasteiger partial charge in [-0.05, 0) is 42.0 Å². The van der Waals surface area contributed by atoms with Crippen LogP contribution >= 0.6 is 0 Å². The molecule has 3 rings (SSSR count). The quantitative estimate of drug-likeness (QED) is 0.339. The summed E-state index contributed by atoms with van der Waals surface area (Å²) >= 11 is 0. The number of amides is 1. The number of nitrogens with zero attached hydrogens (tertiary/aromatic N) is 1. The molecule has 0 bridgehead atoms. The summed E-state index contributed by atoms with van der Waals surface area (Å²) in [6, 6.07) is 20.4. The molecule has 7 nitrogen and oxygen atoms in total. The zero-order valence-electron chi connectivity index (χ0n) is 16.6. The first kappa shape index (κ1) is 20.7. The number of amidine groups is 1. The van der Waals surface area contributed by atoms with Crippen molar-refractivity contribution in [3.63, 3.8) is 0 Å². The van der Waals surface area contributed by atoms with E-state index in [-0.39, 0.29) is 11.6 Å². The molecule has 1 amide bonds. The standard InChI is InChI=1S/C23H24N4O3/c1-30-18-11-12-19(20(28)13-18)21(23(26)29)27(14-15-5-3-2-4-6-15)17-9-7-16(8-10-17)22(24)25/h2-13,21,28H,14H2,1H3,(H3,24,25)(H2,26,29). The van der Waals surface area contributed by atoms with Crippen LogP contribution in [0.3, 0.4) is 0 Å². The number of nitrogen functional groups attached to an aromatic ring is 1. The first-order chi connectivity index (χ1) is 14.4. The highest BCUT2D eigenvalue weighted by Gasteiger charge is 2.29. The van der Waals surface area contributed by atoms with E-state index in [1.165, 1.54) is 13.2 Å². The van der Waals surface area contributed by atoms with Crippen LogP contribution in [0.25, 0.3) is 0 Å². The SMILES string of the molecule is COc1ccc(C(C(N)=O)N(Cc2ccccc2)c2ccc(C(=N)N)cc2)c(O)c1. The molecule has 3 aromatic rings. The normalized spacial score (nSPS) is 11.5. The Hall–Kier alpha value is -4.00. The number of aromatic hydroxyl groups is 1. The summed E-state index contributed by atoms with van der Waals surface area (Å²) in [5, 5.41) is 18.2. The summed E-state index contributed by atoms with van der Waals surface area (Å²) in [4.78, 5) is 14.4. The van der Waals surface area contributed by atoms with E-state index >= 15 is 0 Å². The fourth-order valence-electron chi connectivity index (χ4n) is 3.30. The average Bonchev–Trinajstić information content (AvgIpc) is 2.75. The molecule has 154 valence electrons. The van der Waals surface area contributed by atoms with Crippen LogP contribution < -0.4 is 21.1 Å². The molecule has 0 aromatic heterocycles. The molecule has 0 fully saturated rings. The van der Waals surface area contributed by atoms with Crippen LogP contribution in [0, 0.1) is 5.41 Å². The number of ether oxygens (including phenoxy) is 1. The molecule has 3 aromatic carbocycles. The molecule has 0 spiro atoms. The van der Waals surface area contributed by atoms with Gasteiger partial charge in [0.2, 0.25) is 5.91 Å². The molecule has 1 atom stereocenters. The number of hydrogen-bond donors (Lipinski definition) is 4. The Balaban J connectivity index is 2.10. The minimum Gasteiger partial charge on any atom is -0.507 e. The van der Waals surface area contributed by atoms with Crippen molar-refractivity contribution in [3.8, 4) is 11.5 Å². The van der Waals surface area contributed by atoms with Crippen molar-refractivity contribution in [3.05, 3.63) is 89.5 Å². The number of phenolic OH excluding ortho intramolecular Hbond substituents is 1. The Bertz CT molecular complexity index is 1040. The van der Waals surface area contributed by atoms with Crippen molar-refractivity contribution in [2.24, 2.45) is 11.5 Å². The lowest BCUT2D eigenvalue weighted by molar-refractivity contribution is -0.119. The van der Waals surface area contributed by atoms with E-state index in [9.17, 15) is 9.90 Å². The third-order valence-electron chi connectivity index (χ3n) is 4.82. The largest absolute Gasteiger partial charge is 0.507 e. The predicted molar refractivity (Wildman–Crippen MR) is 117 cm³/mol. The number of carbonyl (C=O) groups excluding carboxylic acids is 1. The van der Waals surface area contributed by atoms with Crippen molar-refractivity contribution in [2.45, 2.75) is 12.6 Å². The first-order valence-electron chi connectivity index (χ1n) is 9.32. The summed E-state index contributed by atoms with van der Waals surface area (Å²) in [6.07, 6.45) is 0. The van der Waals surface area contributed by atoms with Gasteiger partial charge >= 0.3 is 0 Å². The maximum atomic E-state index is 12.6. The molecule has 30 heavy (non-hydrogen) atoms. The van der Waals surface area contributed by atoms with Crippen molar-refractivity contribution in [2.75, 3.05) is 12.0 Å². The number of nitrogens with one attached hydrogen (secondary N) is 1. The summed E-state index contributed by atoms with van der Waals surface area (Å²) in [5.74, 6) is -0.270. The molecule has 7 heteroatoms. The third kappa shape index (κ3) is 4.52. The van der Waals surface area contributed by atoms with Crippen molar-refractivity contribution in [1.29, 1.82) is 5.41 Å². The highest BCUT2D eigenvalue weighted by atomic mass is 16.5. The molecule has 6 N–H and O–H groups in total. The fraction of sp³-hybridized carbons (Fsp3) is 0.130. The zero-order chi connectivity index (χ0) is 21.7. The lowest BCUT2D eigenvalue weighted by Crippen LogP contribution is -2.37. The van der Waals surface area contributed by atoms with Crippen LogP contribution in [-0.2, 0) is 11.3 Å². The van der Waals surface area contributed by atoms with E-state index in [2.05, 4.69) is 0 Å². The topological polar surface area (TPSA) is 126 Å². The molecule has 0 aliphatic heterocycles. The summed E-state index contributed by atoms with van der Waals surface area (Å²) in [6.45, 7) is 0.374. The Morgan fingerprint density at radius 3 is 2.27 bits per heavy atom. The van der Waals surface area contributed by atoms with E-state index in [0.29, 0.717) is 29.1 Å². The van der Waals surface area contributed by atoms with Gasteiger partial charge in [-0.3, -0.25) is 10.2 Å². The number of primary amides is 1. The van der Waals surface area contributed by atoms with E-state index < -0.39 is 11.9 Å². The van der Waals surface area contributed by atoms with Gasteiger partial charge in [-0.1, -0.05) is 30.3 Å². The number of methoxy groups -OCH3 is 1. The molecule has 0 aliphatic carbocycles. The van der Waals surface area contributed by atoms with Crippen LogP contribution in [0.4, 0.5) is 5.69 Å².